The highest BCUT2D eigenvalue weighted by atomic mass is 16.2. The third-order valence-corrected chi connectivity index (χ3v) is 3.74. The second-order valence-electron chi connectivity index (χ2n) is 4.99. The summed E-state index contributed by atoms with van der Waals surface area (Å²) in [6.45, 7) is 0.478. The first-order valence-corrected chi connectivity index (χ1v) is 6.76. The predicted octanol–water partition coefficient (Wildman–Crippen LogP) is 1.31. The number of fused-ring (bicyclic) bond motifs is 1. The highest BCUT2D eigenvalue weighted by molar-refractivity contribution is 5.98. The minimum absolute atomic E-state index is 0.198. The van der Waals surface area contributed by atoms with E-state index < -0.39 is 11.9 Å². The molecule has 1 aromatic heterocycles. The van der Waals surface area contributed by atoms with Gasteiger partial charge in [0.2, 0.25) is 5.91 Å². The molecule has 5 heteroatoms. The van der Waals surface area contributed by atoms with Gasteiger partial charge in [-0.15, -0.1) is 0 Å². The quantitative estimate of drug-likeness (QED) is 0.901. The van der Waals surface area contributed by atoms with Crippen molar-refractivity contribution in [2.45, 2.75) is 12.5 Å². The van der Waals surface area contributed by atoms with Crippen molar-refractivity contribution >= 4 is 11.8 Å². The third-order valence-electron chi connectivity index (χ3n) is 3.74. The topological polar surface area (TPSA) is 76.3 Å². The van der Waals surface area contributed by atoms with Crippen LogP contribution in [0, 0.1) is 0 Å². The molecule has 1 atom stereocenters. The summed E-state index contributed by atoms with van der Waals surface area (Å²) in [7, 11) is 0. The van der Waals surface area contributed by atoms with E-state index in [2.05, 4.69) is 4.98 Å². The average Bonchev–Trinajstić information content (AvgIpc) is 2.53. The summed E-state index contributed by atoms with van der Waals surface area (Å²) in [5, 5.41) is 0. The molecule has 0 spiro atoms. The highest BCUT2D eigenvalue weighted by Gasteiger charge is 2.34. The second-order valence-corrected chi connectivity index (χ2v) is 4.99. The molecule has 1 aliphatic rings. The van der Waals surface area contributed by atoms with E-state index in [1.807, 2.05) is 24.3 Å². The molecule has 1 aliphatic heterocycles. The van der Waals surface area contributed by atoms with E-state index in [-0.39, 0.29) is 5.91 Å². The van der Waals surface area contributed by atoms with Crippen molar-refractivity contribution in [3.8, 4) is 0 Å². The molecule has 1 aromatic carbocycles. The summed E-state index contributed by atoms with van der Waals surface area (Å²) in [4.78, 5) is 29.9. The maximum Gasteiger partial charge on any atom is 0.254 e. The Balaban J connectivity index is 2.00. The normalized spacial score (nSPS) is 17.1. The number of hydrogen-bond donors (Lipinski definition) is 1. The molecule has 2 aromatic rings. The van der Waals surface area contributed by atoms with E-state index in [9.17, 15) is 9.59 Å². The SMILES string of the molecule is NC(=O)C1c2ccccc2CCN1C(=O)c1ccncc1. The molecule has 2 heterocycles. The molecule has 2 N–H and O–H groups in total. The van der Waals surface area contributed by atoms with Gasteiger partial charge in [-0.2, -0.15) is 0 Å². The van der Waals surface area contributed by atoms with Crippen LogP contribution in [0.15, 0.2) is 48.8 Å². The van der Waals surface area contributed by atoms with Gasteiger partial charge in [0, 0.05) is 24.5 Å². The van der Waals surface area contributed by atoms with Crippen LogP contribution in [0.3, 0.4) is 0 Å². The third kappa shape index (κ3) is 2.38. The Bertz CT molecular complexity index is 685. The van der Waals surface area contributed by atoms with Gasteiger partial charge in [-0.05, 0) is 29.7 Å². The molecule has 3 rings (SSSR count). The standard InChI is InChI=1S/C16H15N3O2/c17-15(20)14-13-4-2-1-3-11(13)7-10-19(14)16(21)12-5-8-18-9-6-12/h1-6,8-9,14H,7,10H2,(H2,17,20). The predicted molar refractivity (Wildman–Crippen MR) is 77.4 cm³/mol. The molecule has 106 valence electrons. The Labute approximate surface area is 122 Å². The van der Waals surface area contributed by atoms with Gasteiger partial charge in [0.1, 0.15) is 6.04 Å². The number of amides is 2. The number of benzene rings is 1. The number of carbonyl (C=O) groups excluding carboxylic acids is 2. The van der Waals surface area contributed by atoms with E-state index in [0.717, 1.165) is 17.5 Å². The van der Waals surface area contributed by atoms with Crippen LogP contribution in [0.4, 0.5) is 0 Å². The van der Waals surface area contributed by atoms with E-state index in [1.165, 1.54) is 0 Å². The molecule has 5 nitrogen and oxygen atoms in total. The van der Waals surface area contributed by atoms with Gasteiger partial charge in [0.25, 0.3) is 5.91 Å². The van der Waals surface area contributed by atoms with Gasteiger partial charge in [-0.3, -0.25) is 14.6 Å². The fourth-order valence-electron chi connectivity index (χ4n) is 2.75. The fourth-order valence-corrected chi connectivity index (χ4v) is 2.75. The fraction of sp³-hybridized carbons (Fsp3) is 0.188. The van der Waals surface area contributed by atoms with Gasteiger partial charge >= 0.3 is 0 Å². The van der Waals surface area contributed by atoms with E-state index in [4.69, 9.17) is 5.73 Å². The molecule has 0 aliphatic carbocycles. The summed E-state index contributed by atoms with van der Waals surface area (Å²) in [6, 6.07) is 10.2. The Hall–Kier alpha value is -2.69. The number of primary amides is 1. The number of hydrogen-bond acceptors (Lipinski definition) is 3. The zero-order valence-electron chi connectivity index (χ0n) is 11.4. The summed E-state index contributed by atoms with van der Waals surface area (Å²) in [5.74, 6) is -0.708. The van der Waals surface area contributed by atoms with Crippen LogP contribution in [0.25, 0.3) is 0 Å². The first-order chi connectivity index (χ1) is 10.2. The number of aromatic nitrogens is 1. The largest absolute Gasteiger partial charge is 0.368 e. The Morgan fingerprint density at radius 3 is 2.57 bits per heavy atom. The molecule has 0 saturated carbocycles. The van der Waals surface area contributed by atoms with Crippen LogP contribution < -0.4 is 5.73 Å². The number of pyridine rings is 1. The molecule has 0 radical (unpaired) electrons. The summed E-state index contributed by atoms with van der Waals surface area (Å²) in [5.41, 5.74) is 7.94. The average molecular weight is 281 g/mol. The lowest BCUT2D eigenvalue weighted by Gasteiger charge is -2.35. The molecule has 0 bridgehead atoms. The Morgan fingerprint density at radius 2 is 1.86 bits per heavy atom. The minimum atomic E-state index is -0.712. The smallest absolute Gasteiger partial charge is 0.254 e. The number of rotatable bonds is 2. The van der Waals surface area contributed by atoms with Gasteiger partial charge < -0.3 is 10.6 Å². The minimum Gasteiger partial charge on any atom is -0.368 e. The van der Waals surface area contributed by atoms with Crippen molar-refractivity contribution in [3.05, 3.63) is 65.5 Å². The molecule has 0 saturated heterocycles. The van der Waals surface area contributed by atoms with E-state index in [0.29, 0.717) is 12.1 Å². The summed E-state index contributed by atoms with van der Waals surface area (Å²) < 4.78 is 0. The van der Waals surface area contributed by atoms with Crippen molar-refractivity contribution < 1.29 is 9.59 Å². The number of nitrogens with two attached hydrogens (primary N) is 1. The molecule has 0 fully saturated rings. The van der Waals surface area contributed by atoms with Gasteiger partial charge in [-0.1, -0.05) is 24.3 Å². The van der Waals surface area contributed by atoms with E-state index in [1.54, 1.807) is 29.4 Å². The monoisotopic (exact) mass is 281 g/mol. The lowest BCUT2D eigenvalue weighted by atomic mass is 9.91. The molecular formula is C16H15N3O2. The van der Waals surface area contributed by atoms with Gasteiger partial charge in [-0.25, -0.2) is 0 Å². The van der Waals surface area contributed by atoms with Gasteiger partial charge in [0.05, 0.1) is 0 Å². The molecule has 2 amide bonds. The lowest BCUT2D eigenvalue weighted by molar-refractivity contribution is -0.123. The Morgan fingerprint density at radius 1 is 1.14 bits per heavy atom. The molecule has 21 heavy (non-hydrogen) atoms. The van der Waals surface area contributed by atoms with Crippen LogP contribution in [0.1, 0.15) is 27.5 Å². The van der Waals surface area contributed by atoms with Crippen LogP contribution in [0.2, 0.25) is 0 Å². The van der Waals surface area contributed by atoms with E-state index >= 15 is 0 Å². The van der Waals surface area contributed by atoms with Crippen molar-refractivity contribution in [3.63, 3.8) is 0 Å². The maximum atomic E-state index is 12.6. The first-order valence-electron chi connectivity index (χ1n) is 6.76. The number of nitrogens with zero attached hydrogens (tertiary/aromatic N) is 2. The highest BCUT2D eigenvalue weighted by Crippen LogP contribution is 2.30. The van der Waals surface area contributed by atoms with Crippen LogP contribution in [-0.2, 0) is 11.2 Å². The number of carbonyl (C=O) groups is 2. The summed E-state index contributed by atoms with van der Waals surface area (Å²) >= 11 is 0. The van der Waals surface area contributed by atoms with Crippen molar-refractivity contribution in [1.29, 1.82) is 0 Å². The van der Waals surface area contributed by atoms with Gasteiger partial charge in [0.15, 0.2) is 0 Å². The summed E-state index contributed by atoms with van der Waals surface area (Å²) in [6.07, 6.45) is 3.84. The first kappa shape index (κ1) is 13.3. The Kier molecular flexibility index (Phi) is 3.39. The molecule has 1 unspecified atom stereocenters. The van der Waals surface area contributed by atoms with Crippen molar-refractivity contribution in [2.24, 2.45) is 5.73 Å². The zero-order valence-corrected chi connectivity index (χ0v) is 11.4. The maximum absolute atomic E-state index is 12.6. The zero-order chi connectivity index (χ0) is 14.8. The van der Waals surface area contributed by atoms with Crippen molar-refractivity contribution in [2.75, 3.05) is 6.54 Å². The second kappa shape index (κ2) is 5.36. The lowest BCUT2D eigenvalue weighted by Crippen LogP contribution is -2.45. The van der Waals surface area contributed by atoms with Crippen LogP contribution in [-0.4, -0.2) is 28.2 Å². The van der Waals surface area contributed by atoms with Crippen molar-refractivity contribution in [1.82, 2.24) is 9.88 Å². The van der Waals surface area contributed by atoms with Crippen LogP contribution in [0.5, 0.6) is 0 Å². The molecular weight excluding hydrogens is 266 g/mol. The van der Waals surface area contributed by atoms with Crippen LogP contribution >= 0.6 is 0 Å².